The maximum Gasteiger partial charge on any atom is 0.253 e. The maximum atomic E-state index is 13.6. The van der Waals surface area contributed by atoms with Crippen molar-refractivity contribution in [2.24, 2.45) is 11.5 Å². The van der Waals surface area contributed by atoms with E-state index in [0.717, 1.165) is 60.2 Å². The number of thiophene rings is 1. The Balaban J connectivity index is 1.36. The summed E-state index contributed by atoms with van der Waals surface area (Å²) in [5.74, 6) is 1.04. The zero-order valence-electron chi connectivity index (χ0n) is 23.1. The number of aromatic nitrogens is 2. The van der Waals surface area contributed by atoms with Gasteiger partial charge in [-0.05, 0) is 60.0 Å². The number of carbonyl (C=O) groups is 1. The second-order valence-electron chi connectivity index (χ2n) is 10.2. The van der Waals surface area contributed by atoms with Crippen molar-refractivity contribution in [2.75, 3.05) is 19.6 Å². The first-order valence-electron chi connectivity index (χ1n) is 14.0. The van der Waals surface area contributed by atoms with Gasteiger partial charge in [-0.1, -0.05) is 60.7 Å². The van der Waals surface area contributed by atoms with Crippen LogP contribution >= 0.6 is 11.3 Å². The minimum absolute atomic E-state index is 0.00895. The van der Waals surface area contributed by atoms with Gasteiger partial charge < -0.3 is 20.9 Å². The summed E-state index contributed by atoms with van der Waals surface area (Å²) in [6, 6.07) is 28.2. The molecule has 0 saturated carbocycles. The van der Waals surface area contributed by atoms with Gasteiger partial charge in [0.2, 0.25) is 0 Å². The van der Waals surface area contributed by atoms with E-state index in [2.05, 4.69) is 34.2 Å². The largest absolute Gasteiger partial charge is 0.384 e. The molecule has 0 fully saturated rings. The van der Waals surface area contributed by atoms with E-state index in [1.807, 2.05) is 65.6 Å². The van der Waals surface area contributed by atoms with Gasteiger partial charge in [-0.3, -0.25) is 10.2 Å². The van der Waals surface area contributed by atoms with Crippen molar-refractivity contribution >= 4 is 34.1 Å². The molecule has 8 heteroatoms. The number of rotatable bonds is 13. The molecule has 0 aliphatic heterocycles. The number of fused-ring (bicyclic) bond motifs is 1. The van der Waals surface area contributed by atoms with E-state index in [1.165, 1.54) is 10.4 Å². The number of aryl methyl sites for hydroxylation is 3. The monoisotopic (exact) mass is 564 g/mol. The Bertz CT molecular complexity index is 1590. The van der Waals surface area contributed by atoms with Gasteiger partial charge in [0.25, 0.3) is 5.91 Å². The van der Waals surface area contributed by atoms with Gasteiger partial charge in [-0.25, -0.2) is 4.98 Å². The Morgan fingerprint density at radius 2 is 1.63 bits per heavy atom. The average Bonchev–Trinajstić information content (AvgIpc) is 3.64. The third kappa shape index (κ3) is 7.09. The zero-order chi connectivity index (χ0) is 28.6. The average molecular weight is 565 g/mol. The zero-order valence-corrected chi connectivity index (χ0v) is 23.9. The lowest BCUT2D eigenvalue weighted by Crippen LogP contribution is -2.36. The van der Waals surface area contributed by atoms with Crippen molar-refractivity contribution in [3.63, 3.8) is 0 Å². The summed E-state index contributed by atoms with van der Waals surface area (Å²) in [5, 5.41) is 9.71. The van der Waals surface area contributed by atoms with Crippen LogP contribution in [0.2, 0.25) is 0 Å². The highest BCUT2D eigenvalue weighted by atomic mass is 32.1. The molecule has 0 radical (unpaired) electrons. The van der Waals surface area contributed by atoms with Gasteiger partial charge in [0.15, 0.2) is 0 Å². The third-order valence-electron chi connectivity index (χ3n) is 7.29. The van der Waals surface area contributed by atoms with E-state index < -0.39 is 0 Å². The van der Waals surface area contributed by atoms with E-state index in [9.17, 15) is 4.79 Å². The smallest absolute Gasteiger partial charge is 0.253 e. The summed E-state index contributed by atoms with van der Waals surface area (Å²) in [7, 11) is 0. The van der Waals surface area contributed by atoms with Gasteiger partial charge in [0, 0.05) is 42.1 Å². The van der Waals surface area contributed by atoms with Crippen molar-refractivity contribution in [1.29, 1.82) is 5.41 Å². The number of benzene rings is 3. The molecular formula is C33H36N6OS. The Morgan fingerprint density at radius 1 is 0.878 bits per heavy atom. The fourth-order valence-corrected chi connectivity index (χ4v) is 5.81. The number of imidazole rings is 1. The van der Waals surface area contributed by atoms with Gasteiger partial charge in [0.05, 0.1) is 17.6 Å². The number of nitrogens with two attached hydrogens (primary N) is 2. The number of nitrogens with zero attached hydrogens (tertiary/aromatic N) is 3. The molecule has 1 amide bonds. The molecule has 5 rings (SSSR count). The molecule has 7 nitrogen and oxygen atoms in total. The molecule has 0 bridgehead atoms. The molecule has 0 saturated heterocycles. The van der Waals surface area contributed by atoms with Gasteiger partial charge in [0.1, 0.15) is 11.7 Å². The van der Waals surface area contributed by atoms with E-state index >= 15 is 0 Å². The fraction of sp³-hybridized carbons (Fsp3) is 0.242. The van der Waals surface area contributed by atoms with Crippen molar-refractivity contribution in [3.8, 4) is 0 Å². The molecule has 3 aromatic carbocycles. The van der Waals surface area contributed by atoms with E-state index in [1.54, 1.807) is 11.3 Å². The second-order valence-corrected chi connectivity index (χ2v) is 11.2. The van der Waals surface area contributed by atoms with Crippen LogP contribution in [0.5, 0.6) is 0 Å². The number of nitrogens with one attached hydrogen (secondary N) is 1. The number of amides is 1. The first-order valence-corrected chi connectivity index (χ1v) is 14.9. The first kappa shape index (κ1) is 28.3. The number of amidine groups is 1. The molecule has 0 unspecified atom stereocenters. The first-order chi connectivity index (χ1) is 20.0. The fourth-order valence-electron chi connectivity index (χ4n) is 5.12. The number of carbonyl (C=O) groups excluding carboxylic acids is 1. The molecule has 2 aromatic heterocycles. The quantitative estimate of drug-likeness (QED) is 0.134. The molecule has 0 spiro atoms. The third-order valence-corrected chi connectivity index (χ3v) is 8.15. The van der Waals surface area contributed by atoms with Crippen LogP contribution in [0.3, 0.4) is 0 Å². The molecule has 0 atom stereocenters. The maximum absolute atomic E-state index is 13.6. The Labute approximate surface area is 244 Å². The summed E-state index contributed by atoms with van der Waals surface area (Å²) < 4.78 is 2.26. The van der Waals surface area contributed by atoms with Crippen LogP contribution in [0.15, 0.2) is 90.3 Å². The Morgan fingerprint density at radius 3 is 2.34 bits per heavy atom. The minimum atomic E-state index is -0.00895. The van der Waals surface area contributed by atoms with Crippen molar-refractivity contribution in [2.45, 2.75) is 32.2 Å². The highest BCUT2D eigenvalue weighted by molar-refractivity contribution is 7.09. The van der Waals surface area contributed by atoms with Crippen LogP contribution < -0.4 is 11.5 Å². The van der Waals surface area contributed by atoms with Crippen LogP contribution in [0.4, 0.5) is 0 Å². The van der Waals surface area contributed by atoms with Crippen LogP contribution in [0, 0.1) is 5.41 Å². The van der Waals surface area contributed by atoms with Crippen LogP contribution in [0.25, 0.3) is 11.0 Å². The number of hydrogen-bond acceptors (Lipinski definition) is 5. The van der Waals surface area contributed by atoms with Gasteiger partial charge in [-0.15, -0.1) is 11.3 Å². The highest BCUT2D eigenvalue weighted by Gasteiger charge is 2.18. The van der Waals surface area contributed by atoms with Crippen molar-refractivity contribution in [1.82, 2.24) is 14.5 Å². The molecule has 2 heterocycles. The van der Waals surface area contributed by atoms with Crippen LogP contribution in [-0.2, 0) is 25.8 Å². The number of hydrogen-bond donors (Lipinski definition) is 3. The summed E-state index contributed by atoms with van der Waals surface area (Å²) in [6.45, 7) is 2.33. The topological polar surface area (TPSA) is 114 Å². The summed E-state index contributed by atoms with van der Waals surface area (Å²) >= 11 is 1.73. The SMILES string of the molecule is N=C(N)c1ccc(CCc2nc3cc(C(=O)N(CCN)CCCc4ccccc4)ccc3n2Cc2cccs2)cc1. The van der Waals surface area contributed by atoms with Crippen LogP contribution in [0.1, 0.15) is 44.2 Å². The molecule has 5 aromatic rings. The summed E-state index contributed by atoms with van der Waals surface area (Å²) in [4.78, 5) is 21.7. The lowest BCUT2D eigenvalue weighted by atomic mass is 10.1. The minimum Gasteiger partial charge on any atom is -0.384 e. The lowest BCUT2D eigenvalue weighted by Gasteiger charge is -2.22. The molecule has 0 aliphatic rings. The summed E-state index contributed by atoms with van der Waals surface area (Å²) in [6.07, 6.45) is 3.36. The standard InChI is InChI=1S/C33H36N6OS/c34-18-20-38(19-4-8-24-6-2-1-3-7-24)33(40)27-15-16-30-29(22-27)37-31(39(30)23-28-9-5-21-41-28)17-12-25-10-13-26(14-11-25)32(35)36/h1-3,5-7,9-11,13-16,21-22H,4,8,12,17-20,23,34H2,(H3,35,36). The molecule has 0 aliphatic carbocycles. The summed E-state index contributed by atoms with van der Waals surface area (Å²) in [5.41, 5.74) is 17.1. The highest BCUT2D eigenvalue weighted by Crippen LogP contribution is 2.23. The molecular weight excluding hydrogens is 528 g/mol. The van der Waals surface area contributed by atoms with Crippen molar-refractivity contribution in [3.05, 3.63) is 123 Å². The predicted molar refractivity (Wildman–Crippen MR) is 168 cm³/mol. The Kier molecular flexibility index (Phi) is 9.23. The van der Waals surface area contributed by atoms with Crippen molar-refractivity contribution < 1.29 is 4.79 Å². The molecule has 41 heavy (non-hydrogen) atoms. The molecule has 210 valence electrons. The van der Waals surface area contributed by atoms with Crippen LogP contribution in [-0.4, -0.2) is 45.8 Å². The number of nitrogen functional groups attached to an aromatic ring is 1. The lowest BCUT2D eigenvalue weighted by molar-refractivity contribution is 0.0758. The second kappa shape index (κ2) is 13.4. The van der Waals surface area contributed by atoms with Gasteiger partial charge in [-0.2, -0.15) is 0 Å². The van der Waals surface area contributed by atoms with E-state index in [-0.39, 0.29) is 11.7 Å². The molecule has 5 N–H and O–H groups in total. The predicted octanol–water partition coefficient (Wildman–Crippen LogP) is 5.25. The van der Waals surface area contributed by atoms with E-state index in [4.69, 9.17) is 21.9 Å². The van der Waals surface area contributed by atoms with Gasteiger partial charge >= 0.3 is 0 Å². The Hall–Kier alpha value is -4.27. The van der Waals surface area contributed by atoms with E-state index in [0.29, 0.717) is 25.2 Å². The normalized spacial score (nSPS) is 11.1.